The molecule has 0 N–H and O–H groups in total. The van der Waals surface area contributed by atoms with Gasteiger partial charge in [-0.15, -0.1) is 12.4 Å². The maximum Gasteiger partial charge on any atom is 0.124 e. The topological polar surface area (TPSA) is 56.1 Å². The number of ether oxygens (including phenoxy) is 1. The minimum absolute atomic E-state index is 0. The molecule has 1 aliphatic rings. The summed E-state index contributed by atoms with van der Waals surface area (Å²) in [5.41, 5.74) is 2.15. The lowest BCUT2D eigenvalue weighted by Crippen LogP contribution is -2.35. The Morgan fingerprint density at radius 3 is 2.44 bits per heavy atom. The first kappa shape index (κ1) is 19.3. The van der Waals surface area contributed by atoms with Gasteiger partial charge in [-0.2, -0.15) is 5.26 Å². The SMILES string of the molecule is C[N+](C)([O-])CCCC1(C#N)c2ccccc2COc2ccccc21.Cl. The molecule has 1 heterocycles. The van der Waals surface area contributed by atoms with Gasteiger partial charge in [-0.3, -0.25) is 0 Å². The van der Waals surface area contributed by atoms with Gasteiger partial charge in [0.05, 0.1) is 26.7 Å². The molecule has 5 heteroatoms. The summed E-state index contributed by atoms with van der Waals surface area (Å²) >= 11 is 0. The highest BCUT2D eigenvalue weighted by atomic mass is 35.5. The van der Waals surface area contributed by atoms with E-state index in [1.54, 1.807) is 14.1 Å². The van der Waals surface area contributed by atoms with Crippen molar-refractivity contribution in [2.24, 2.45) is 0 Å². The molecule has 0 fully saturated rings. The number of halogens is 1. The van der Waals surface area contributed by atoms with Gasteiger partial charge in [0.15, 0.2) is 0 Å². The highest BCUT2D eigenvalue weighted by Crippen LogP contribution is 2.44. The van der Waals surface area contributed by atoms with E-state index in [0.717, 1.165) is 22.4 Å². The molecule has 1 aliphatic heterocycles. The van der Waals surface area contributed by atoms with Crippen LogP contribution in [0.2, 0.25) is 0 Å². The van der Waals surface area contributed by atoms with Gasteiger partial charge < -0.3 is 14.6 Å². The van der Waals surface area contributed by atoms with Crippen molar-refractivity contribution in [3.8, 4) is 11.8 Å². The monoisotopic (exact) mass is 358 g/mol. The molecule has 0 saturated carbocycles. The lowest BCUT2D eigenvalue weighted by Gasteiger charge is -2.35. The maximum absolute atomic E-state index is 11.9. The van der Waals surface area contributed by atoms with Gasteiger partial charge in [0.2, 0.25) is 0 Å². The van der Waals surface area contributed by atoms with Crippen molar-refractivity contribution in [2.75, 3.05) is 20.6 Å². The van der Waals surface area contributed by atoms with Crippen LogP contribution >= 0.6 is 12.4 Å². The summed E-state index contributed by atoms with van der Waals surface area (Å²) in [4.78, 5) is 0. The Morgan fingerprint density at radius 2 is 1.76 bits per heavy atom. The van der Waals surface area contributed by atoms with E-state index in [4.69, 9.17) is 4.74 Å². The van der Waals surface area contributed by atoms with Crippen LogP contribution < -0.4 is 4.74 Å². The van der Waals surface area contributed by atoms with Crippen LogP contribution in [0.25, 0.3) is 0 Å². The fourth-order valence-corrected chi connectivity index (χ4v) is 3.48. The molecule has 1 unspecified atom stereocenters. The molecule has 3 rings (SSSR count). The van der Waals surface area contributed by atoms with E-state index in [1.165, 1.54) is 0 Å². The molecule has 4 nitrogen and oxygen atoms in total. The van der Waals surface area contributed by atoms with Crippen molar-refractivity contribution >= 4 is 12.4 Å². The summed E-state index contributed by atoms with van der Waals surface area (Å²) < 4.78 is 5.62. The predicted molar refractivity (Wildman–Crippen MR) is 100 cm³/mol. The van der Waals surface area contributed by atoms with Gasteiger partial charge in [-0.25, -0.2) is 0 Å². The number of quaternary nitrogens is 1. The van der Waals surface area contributed by atoms with Crippen LogP contribution in [0.15, 0.2) is 48.5 Å². The zero-order valence-corrected chi connectivity index (χ0v) is 15.4. The predicted octanol–water partition coefficient (Wildman–Crippen LogP) is 4.16. The van der Waals surface area contributed by atoms with Crippen molar-refractivity contribution < 1.29 is 9.38 Å². The quantitative estimate of drug-likeness (QED) is 0.609. The minimum atomic E-state index is -0.779. The number of hydroxylamine groups is 3. The third-order valence-electron chi connectivity index (χ3n) is 4.65. The van der Waals surface area contributed by atoms with E-state index in [-0.39, 0.29) is 17.1 Å². The highest BCUT2D eigenvalue weighted by Gasteiger charge is 2.40. The van der Waals surface area contributed by atoms with Crippen LogP contribution in [0.1, 0.15) is 29.5 Å². The third-order valence-corrected chi connectivity index (χ3v) is 4.65. The minimum Gasteiger partial charge on any atom is -0.633 e. The second-order valence-corrected chi connectivity index (χ2v) is 6.86. The molecule has 2 aromatic rings. The number of para-hydroxylation sites is 1. The average Bonchev–Trinajstić information content (AvgIpc) is 2.70. The van der Waals surface area contributed by atoms with Crippen LogP contribution in [0.5, 0.6) is 5.75 Å². The van der Waals surface area contributed by atoms with E-state index < -0.39 is 5.41 Å². The van der Waals surface area contributed by atoms with Crippen LogP contribution in [-0.2, 0) is 12.0 Å². The van der Waals surface area contributed by atoms with E-state index in [1.807, 2.05) is 48.5 Å². The molecule has 0 aromatic heterocycles. The Balaban J connectivity index is 0.00000225. The summed E-state index contributed by atoms with van der Waals surface area (Å²) in [7, 11) is 3.27. The molecule has 0 spiro atoms. The first-order chi connectivity index (χ1) is 11.5. The molecule has 0 saturated heterocycles. The maximum atomic E-state index is 11.9. The third kappa shape index (κ3) is 3.80. The Labute approximate surface area is 155 Å². The van der Waals surface area contributed by atoms with Gasteiger partial charge >= 0.3 is 0 Å². The van der Waals surface area contributed by atoms with E-state index in [0.29, 0.717) is 26.0 Å². The molecule has 25 heavy (non-hydrogen) atoms. The van der Waals surface area contributed by atoms with Gasteiger partial charge in [-0.05, 0) is 30.0 Å². The highest BCUT2D eigenvalue weighted by molar-refractivity contribution is 5.85. The molecule has 1 atom stereocenters. The largest absolute Gasteiger partial charge is 0.633 e. The first-order valence-corrected chi connectivity index (χ1v) is 8.22. The number of hydrogen-bond donors (Lipinski definition) is 0. The zero-order valence-electron chi connectivity index (χ0n) is 14.6. The number of benzene rings is 2. The second-order valence-electron chi connectivity index (χ2n) is 6.86. The van der Waals surface area contributed by atoms with Gasteiger partial charge in [0.25, 0.3) is 0 Å². The van der Waals surface area contributed by atoms with Crippen molar-refractivity contribution in [2.45, 2.75) is 24.9 Å². The Kier molecular flexibility index (Phi) is 5.74. The van der Waals surface area contributed by atoms with Gasteiger partial charge in [0, 0.05) is 5.56 Å². The Hall–Kier alpha value is -2.06. The van der Waals surface area contributed by atoms with Gasteiger partial charge in [0.1, 0.15) is 17.8 Å². The van der Waals surface area contributed by atoms with Crippen LogP contribution in [0.3, 0.4) is 0 Å². The van der Waals surface area contributed by atoms with Crippen molar-refractivity contribution in [1.29, 1.82) is 5.26 Å². The molecule has 2 aromatic carbocycles. The number of rotatable bonds is 4. The van der Waals surface area contributed by atoms with E-state index >= 15 is 0 Å². The molecule has 0 aliphatic carbocycles. The normalized spacial score (nSPS) is 18.6. The lowest BCUT2D eigenvalue weighted by atomic mass is 9.71. The lowest BCUT2D eigenvalue weighted by molar-refractivity contribution is -0.840. The number of nitriles is 1. The molecule has 0 radical (unpaired) electrons. The molecule has 0 amide bonds. The molecular weight excluding hydrogens is 336 g/mol. The smallest absolute Gasteiger partial charge is 0.124 e. The Morgan fingerprint density at radius 1 is 1.12 bits per heavy atom. The Bertz CT molecular complexity index is 730. The van der Waals surface area contributed by atoms with Gasteiger partial charge in [-0.1, -0.05) is 42.5 Å². The zero-order chi connectivity index (χ0) is 17.2. The summed E-state index contributed by atoms with van der Waals surface area (Å²) in [5, 5.41) is 22.1. The standard InChI is InChI=1S/C20H22N2O2.ClH/c1-22(2,23)13-7-12-20(15-21)17-9-4-3-8-16(17)14-24-19-11-6-5-10-18(19)20;/h3-6,8-11H,7,12-14H2,1-2H3;1H. The number of fused-ring (bicyclic) bond motifs is 2. The van der Waals surface area contributed by atoms with Crippen LogP contribution in [-0.4, -0.2) is 25.3 Å². The van der Waals surface area contributed by atoms with E-state index in [9.17, 15) is 10.5 Å². The average molecular weight is 359 g/mol. The molecular formula is C20H23ClN2O2. The van der Waals surface area contributed by atoms with Crippen LogP contribution in [0.4, 0.5) is 0 Å². The first-order valence-electron chi connectivity index (χ1n) is 8.22. The summed E-state index contributed by atoms with van der Waals surface area (Å²) in [6.45, 7) is 0.939. The van der Waals surface area contributed by atoms with E-state index in [2.05, 4.69) is 6.07 Å². The van der Waals surface area contributed by atoms with Crippen LogP contribution in [0, 0.1) is 16.5 Å². The van der Waals surface area contributed by atoms with Crippen molar-refractivity contribution in [3.05, 3.63) is 70.4 Å². The summed E-state index contributed by atoms with van der Waals surface area (Å²) in [6, 6.07) is 18.3. The number of hydrogen-bond acceptors (Lipinski definition) is 3. The summed E-state index contributed by atoms with van der Waals surface area (Å²) in [5.74, 6) is 0.756. The second kappa shape index (κ2) is 7.45. The van der Waals surface area contributed by atoms with Crippen molar-refractivity contribution in [1.82, 2.24) is 0 Å². The summed E-state index contributed by atoms with van der Waals surface area (Å²) in [6.07, 6.45) is 1.28. The number of nitrogens with zero attached hydrogens (tertiary/aromatic N) is 2. The van der Waals surface area contributed by atoms with Crippen molar-refractivity contribution in [3.63, 3.8) is 0 Å². The molecule has 132 valence electrons. The molecule has 0 bridgehead atoms. The fourth-order valence-electron chi connectivity index (χ4n) is 3.48. The fraction of sp³-hybridized carbons (Fsp3) is 0.350.